The van der Waals surface area contributed by atoms with Gasteiger partial charge in [0, 0.05) is 18.6 Å². The van der Waals surface area contributed by atoms with Crippen molar-refractivity contribution in [2.24, 2.45) is 11.7 Å². The van der Waals surface area contributed by atoms with Gasteiger partial charge in [0.2, 0.25) is 0 Å². The summed E-state index contributed by atoms with van der Waals surface area (Å²) >= 11 is 6.37. The minimum atomic E-state index is 0.0384. The van der Waals surface area contributed by atoms with E-state index >= 15 is 0 Å². The van der Waals surface area contributed by atoms with E-state index in [1.807, 2.05) is 13.0 Å². The van der Waals surface area contributed by atoms with Gasteiger partial charge in [0.25, 0.3) is 0 Å². The molecule has 1 heterocycles. The molecule has 3 heteroatoms. The van der Waals surface area contributed by atoms with Crippen LogP contribution in [0.4, 0.5) is 5.69 Å². The maximum Gasteiger partial charge on any atom is 0.0642 e. The van der Waals surface area contributed by atoms with Crippen molar-refractivity contribution in [3.8, 4) is 0 Å². The average Bonchev–Trinajstić information content (AvgIpc) is 2.57. The van der Waals surface area contributed by atoms with Gasteiger partial charge in [-0.3, -0.25) is 0 Å². The van der Waals surface area contributed by atoms with Crippen molar-refractivity contribution in [2.45, 2.75) is 39.3 Å². The molecular weight excluding hydrogens is 232 g/mol. The molecule has 0 radical (unpaired) electrons. The third-order valence-corrected chi connectivity index (χ3v) is 3.89. The lowest BCUT2D eigenvalue weighted by Crippen LogP contribution is -2.27. The van der Waals surface area contributed by atoms with Gasteiger partial charge in [0.1, 0.15) is 0 Å². The van der Waals surface area contributed by atoms with Crippen molar-refractivity contribution in [3.05, 3.63) is 28.8 Å². The van der Waals surface area contributed by atoms with Gasteiger partial charge in [-0.25, -0.2) is 0 Å². The summed E-state index contributed by atoms with van der Waals surface area (Å²) in [6, 6.07) is 6.80. The highest BCUT2D eigenvalue weighted by Gasteiger charge is 2.27. The van der Waals surface area contributed by atoms with Crippen LogP contribution in [-0.4, -0.2) is 12.6 Å². The van der Waals surface area contributed by atoms with E-state index in [2.05, 4.69) is 30.9 Å². The molecule has 0 aliphatic carbocycles. The molecule has 0 aromatic heterocycles. The number of hydrogen-bond acceptors (Lipinski definition) is 2. The minimum absolute atomic E-state index is 0.0384. The Morgan fingerprint density at radius 3 is 2.59 bits per heavy atom. The quantitative estimate of drug-likeness (QED) is 0.872. The lowest BCUT2D eigenvalue weighted by molar-refractivity contribution is 0.625. The van der Waals surface area contributed by atoms with Crippen LogP contribution in [0.3, 0.4) is 0 Å². The summed E-state index contributed by atoms with van der Waals surface area (Å²) in [5.74, 6) is 0.745. The van der Waals surface area contributed by atoms with E-state index in [0.717, 1.165) is 28.7 Å². The second-order valence-electron chi connectivity index (χ2n) is 5.34. The maximum atomic E-state index is 6.37. The minimum Gasteiger partial charge on any atom is -0.367 e. The van der Waals surface area contributed by atoms with Crippen LogP contribution in [0.15, 0.2) is 18.2 Å². The maximum absolute atomic E-state index is 6.37. The lowest BCUT2D eigenvalue weighted by Gasteiger charge is -2.25. The van der Waals surface area contributed by atoms with Crippen molar-refractivity contribution in [2.75, 3.05) is 11.4 Å². The third kappa shape index (κ3) is 2.58. The highest BCUT2D eigenvalue weighted by molar-refractivity contribution is 6.33. The van der Waals surface area contributed by atoms with Gasteiger partial charge in [0.05, 0.1) is 10.7 Å². The monoisotopic (exact) mass is 252 g/mol. The Morgan fingerprint density at radius 1 is 1.41 bits per heavy atom. The summed E-state index contributed by atoms with van der Waals surface area (Å²) in [5, 5.41) is 0.820. The third-order valence-electron chi connectivity index (χ3n) is 3.59. The van der Waals surface area contributed by atoms with Crippen LogP contribution in [-0.2, 0) is 0 Å². The van der Waals surface area contributed by atoms with E-state index in [-0.39, 0.29) is 6.04 Å². The first-order valence-electron chi connectivity index (χ1n) is 6.30. The molecule has 94 valence electrons. The summed E-state index contributed by atoms with van der Waals surface area (Å²) in [6.45, 7) is 7.63. The number of nitrogens with zero attached hydrogens (tertiary/aromatic N) is 1. The number of nitrogens with two attached hydrogens (primary N) is 1. The van der Waals surface area contributed by atoms with Gasteiger partial charge < -0.3 is 10.6 Å². The van der Waals surface area contributed by atoms with Gasteiger partial charge in [0.15, 0.2) is 0 Å². The molecule has 0 spiro atoms. The molecule has 0 bridgehead atoms. The topological polar surface area (TPSA) is 29.3 Å². The van der Waals surface area contributed by atoms with Gasteiger partial charge >= 0.3 is 0 Å². The zero-order valence-electron chi connectivity index (χ0n) is 10.8. The zero-order chi connectivity index (χ0) is 12.6. The van der Waals surface area contributed by atoms with Gasteiger partial charge in [-0.2, -0.15) is 0 Å². The SMILES string of the molecule is CC1CC(C)N(c2ccc([C@H](C)N)cc2Cl)C1. The predicted octanol–water partition coefficient (Wildman–Crippen LogP) is 3.59. The fraction of sp³-hybridized carbons (Fsp3) is 0.571. The summed E-state index contributed by atoms with van der Waals surface area (Å²) in [6.07, 6.45) is 1.24. The molecule has 1 aromatic rings. The van der Waals surface area contributed by atoms with E-state index in [1.54, 1.807) is 0 Å². The van der Waals surface area contributed by atoms with Crippen molar-refractivity contribution in [1.82, 2.24) is 0 Å². The molecule has 1 aromatic carbocycles. The van der Waals surface area contributed by atoms with E-state index in [0.29, 0.717) is 6.04 Å². The Hall–Kier alpha value is -0.730. The molecule has 1 aliphatic heterocycles. The Labute approximate surface area is 109 Å². The average molecular weight is 253 g/mol. The Balaban J connectivity index is 2.28. The van der Waals surface area contributed by atoms with Crippen LogP contribution in [0.5, 0.6) is 0 Å². The molecule has 0 amide bonds. The molecular formula is C14H21ClN2. The van der Waals surface area contributed by atoms with Gasteiger partial charge in [-0.1, -0.05) is 24.6 Å². The highest BCUT2D eigenvalue weighted by atomic mass is 35.5. The molecule has 1 fully saturated rings. The second-order valence-corrected chi connectivity index (χ2v) is 5.75. The van der Waals surface area contributed by atoms with Crippen molar-refractivity contribution >= 4 is 17.3 Å². The largest absolute Gasteiger partial charge is 0.367 e. The van der Waals surface area contributed by atoms with E-state index in [9.17, 15) is 0 Å². The number of benzene rings is 1. The van der Waals surface area contributed by atoms with Crippen molar-refractivity contribution in [1.29, 1.82) is 0 Å². The zero-order valence-corrected chi connectivity index (χ0v) is 11.5. The summed E-state index contributed by atoms with van der Waals surface area (Å²) in [7, 11) is 0. The first kappa shape index (κ1) is 12.7. The Morgan fingerprint density at radius 2 is 2.12 bits per heavy atom. The lowest BCUT2D eigenvalue weighted by atomic mass is 10.1. The molecule has 2 unspecified atom stereocenters. The van der Waals surface area contributed by atoms with Crippen LogP contribution < -0.4 is 10.6 Å². The van der Waals surface area contributed by atoms with Crippen LogP contribution >= 0.6 is 11.6 Å². The van der Waals surface area contributed by atoms with Gasteiger partial charge in [-0.15, -0.1) is 0 Å². The second kappa shape index (κ2) is 4.87. The molecule has 3 atom stereocenters. The number of rotatable bonds is 2. The van der Waals surface area contributed by atoms with Crippen molar-refractivity contribution < 1.29 is 0 Å². The Kier molecular flexibility index (Phi) is 3.64. The predicted molar refractivity (Wildman–Crippen MR) is 74.6 cm³/mol. The molecule has 1 saturated heterocycles. The highest BCUT2D eigenvalue weighted by Crippen LogP contribution is 2.34. The smallest absolute Gasteiger partial charge is 0.0642 e. The van der Waals surface area contributed by atoms with Crippen LogP contribution in [0.2, 0.25) is 5.02 Å². The number of hydrogen-bond donors (Lipinski definition) is 1. The van der Waals surface area contributed by atoms with Gasteiger partial charge in [-0.05, 0) is 43.9 Å². The summed E-state index contributed by atoms with van der Waals surface area (Å²) in [5.41, 5.74) is 8.11. The number of anilines is 1. The molecule has 0 saturated carbocycles. The molecule has 2 rings (SSSR count). The molecule has 2 N–H and O–H groups in total. The van der Waals surface area contributed by atoms with Crippen LogP contribution in [0.25, 0.3) is 0 Å². The first-order valence-corrected chi connectivity index (χ1v) is 6.68. The Bertz CT molecular complexity index is 403. The van der Waals surface area contributed by atoms with Crippen LogP contribution in [0, 0.1) is 5.92 Å². The molecule has 17 heavy (non-hydrogen) atoms. The van der Waals surface area contributed by atoms with E-state index in [1.165, 1.54) is 6.42 Å². The summed E-state index contributed by atoms with van der Waals surface area (Å²) in [4.78, 5) is 2.40. The summed E-state index contributed by atoms with van der Waals surface area (Å²) < 4.78 is 0. The standard InChI is InChI=1S/C14H21ClN2/c1-9-6-10(2)17(8-9)14-5-4-12(11(3)16)7-13(14)15/h4-5,7,9-11H,6,8,16H2,1-3H3/t9?,10?,11-/m0/s1. The number of halogens is 1. The fourth-order valence-corrected chi connectivity index (χ4v) is 2.97. The van der Waals surface area contributed by atoms with E-state index in [4.69, 9.17) is 17.3 Å². The van der Waals surface area contributed by atoms with Crippen LogP contribution in [0.1, 0.15) is 38.8 Å². The fourth-order valence-electron chi connectivity index (χ4n) is 2.67. The first-order chi connectivity index (χ1) is 7.99. The molecule has 2 nitrogen and oxygen atoms in total. The van der Waals surface area contributed by atoms with Crippen molar-refractivity contribution in [3.63, 3.8) is 0 Å². The normalized spacial score (nSPS) is 26.3. The molecule has 1 aliphatic rings. The van der Waals surface area contributed by atoms with E-state index < -0.39 is 0 Å².